The van der Waals surface area contributed by atoms with Gasteiger partial charge in [0.15, 0.2) is 0 Å². The molecule has 0 aliphatic rings. The van der Waals surface area contributed by atoms with Gasteiger partial charge in [-0.2, -0.15) is 0 Å². The molecule has 3 N–H and O–H groups in total. The summed E-state index contributed by atoms with van der Waals surface area (Å²) in [6.45, 7) is 0.720. The molecule has 0 bridgehead atoms. The number of aromatic nitrogens is 4. The summed E-state index contributed by atoms with van der Waals surface area (Å²) in [5.41, 5.74) is 0.813. The van der Waals surface area contributed by atoms with Crippen molar-refractivity contribution in [3.63, 3.8) is 0 Å². The van der Waals surface area contributed by atoms with Crippen molar-refractivity contribution in [2.75, 3.05) is 6.61 Å². The molecule has 0 fully saturated rings. The summed E-state index contributed by atoms with van der Waals surface area (Å²) < 4.78 is 19.6. The number of aromatic amines is 1. The van der Waals surface area contributed by atoms with Crippen molar-refractivity contribution in [2.24, 2.45) is 0 Å². The molecule has 0 aliphatic heterocycles. The van der Waals surface area contributed by atoms with Crippen molar-refractivity contribution in [3.8, 4) is 0 Å². The Hall–Kier alpha value is -3.92. The molecule has 2 heterocycles. The Labute approximate surface area is 213 Å². The van der Waals surface area contributed by atoms with Gasteiger partial charge in [-0.3, -0.25) is 9.78 Å². The highest BCUT2D eigenvalue weighted by Crippen LogP contribution is 2.30. The monoisotopic (exact) mass is 507 g/mol. The van der Waals surface area contributed by atoms with Gasteiger partial charge in [0, 0.05) is 12.0 Å². The number of fused-ring (bicyclic) bond motifs is 1. The molecule has 194 valence electrons. The van der Waals surface area contributed by atoms with Crippen LogP contribution in [0.1, 0.15) is 60.5 Å². The Morgan fingerprint density at radius 3 is 2.54 bits per heavy atom. The number of nitrogens with zero attached hydrogens (tertiary/aromatic N) is 3. The summed E-state index contributed by atoms with van der Waals surface area (Å²) in [5, 5.41) is 18.6. The summed E-state index contributed by atoms with van der Waals surface area (Å²) in [6, 6.07) is 16.8. The average Bonchev–Trinajstić information content (AvgIpc) is 3.34. The number of H-pyrrole nitrogens is 1. The number of nitrogens with one attached hydrogen (secondary N) is 2. The number of carbonyl (C=O) groups excluding carboxylic acids is 1. The molecule has 37 heavy (non-hydrogen) atoms. The van der Waals surface area contributed by atoms with Crippen LogP contribution in [0.25, 0.3) is 11.0 Å². The number of carbonyl (C=O) groups is 1. The van der Waals surface area contributed by atoms with Gasteiger partial charge in [0.1, 0.15) is 11.4 Å². The van der Waals surface area contributed by atoms with E-state index in [1.54, 1.807) is 6.07 Å². The molecule has 4 rings (SSSR count). The number of para-hydroxylation sites is 2. The number of hydrogen-bond donors (Lipinski definition) is 3. The summed E-state index contributed by atoms with van der Waals surface area (Å²) in [7, 11) is 0. The summed E-state index contributed by atoms with van der Waals surface area (Å²) in [5.74, 6) is -1.23. The number of hydrogen-bond acceptors (Lipinski definition) is 7. The topological polar surface area (TPSA) is 134 Å². The van der Waals surface area contributed by atoms with E-state index >= 15 is 0 Å². The van der Waals surface area contributed by atoms with Crippen LogP contribution in [-0.2, 0) is 6.42 Å². The van der Waals surface area contributed by atoms with Crippen LogP contribution >= 0.6 is 0 Å². The predicted octanol–water partition coefficient (Wildman–Crippen LogP) is 3.71. The standard InChI is InChI=1S/C27H30FN5O4/c1-27(28,17-34)14-13-19(25-32-33-26(36)37-25)11-12-20(15-18-7-3-2-4-8-18)30-24(35)23-16-29-21-9-5-6-10-22(21)31-23/h2-10,16,19-20,34H,11-15,17H2,1H3,(H,30,35)(H,33,36). The third-order valence-corrected chi connectivity index (χ3v) is 6.35. The van der Waals surface area contributed by atoms with Gasteiger partial charge in [-0.15, -0.1) is 5.10 Å². The molecule has 2 aromatic carbocycles. The average molecular weight is 508 g/mol. The minimum Gasteiger partial charge on any atom is -0.393 e. The van der Waals surface area contributed by atoms with E-state index in [4.69, 9.17) is 4.42 Å². The lowest BCUT2D eigenvalue weighted by Crippen LogP contribution is -2.37. The minimum absolute atomic E-state index is 0.0626. The lowest BCUT2D eigenvalue weighted by Gasteiger charge is -2.23. The number of aliphatic hydroxyl groups excluding tert-OH is 1. The second kappa shape index (κ2) is 11.9. The van der Waals surface area contributed by atoms with Crippen molar-refractivity contribution in [2.45, 2.75) is 56.7 Å². The zero-order valence-electron chi connectivity index (χ0n) is 20.6. The van der Waals surface area contributed by atoms with Crippen LogP contribution in [0.2, 0.25) is 0 Å². The highest BCUT2D eigenvalue weighted by Gasteiger charge is 2.27. The normalized spacial score (nSPS) is 14.7. The molecule has 1 amide bonds. The van der Waals surface area contributed by atoms with Gasteiger partial charge in [0.2, 0.25) is 5.89 Å². The third-order valence-electron chi connectivity index (χ3n) is 6.35. The highest BCUT2D eigenvalue weighted by molar-refractivity contribution is 5.93. The summed E-state index contributed by atoms with van der Waals surface area (Å²) in [4.78, 5) is 33.5. The zero-order chi connectivity index (χ0) is 26.3. The predicted molar refractivity (Wildman–Crippen MR) is 136 cm³/mol. The number of rotatable bonds is 12. The van der Waals surface area contributed by atoms with Gasteiger partial charge in [0.25, 0.3) is 5.91 Å². The molecule has 0 saturated carbocycles. The van der Waals surface area contributed by atoms with Crippen LogP contribution < -0.4 is 11.1 Å². The van der Waals surface area contributed by atoms with E-state index in [-0.39, 0.29) is 35.9 Å². The van der Waals surface area contributed by atoms with Crippen LogP contribution in [-0.4, -0.2) is 49.5 Å². The molecule has 10 heteroatoms. The lowest BCUT2D eigenvalue weighted by atomic mass is 9.89. The molecule has 3 unspecified atom stereocenters. The van der Waals surface area contributed by atoms with Crippen molar-refractivity contribution >= 4 is 16.9 Å². The lowest BCUT2D eigenvalue weighted by molar-refractivity contribution is 0.0746. The van der Waals surface area contributed by atoms with Crippen molar-refractivity contribution in [1.82, 2.24) is 25.5 Å². The first-order valence-corrected chi connectivity index (χ1v) is 12.2. The molecular formula is C27H30FN5O4. The number of benzene rings is 2. The van der Waals surface area contributed by atoms with Crippen molar-refractivity contribution in [3.05, 3.63) is 88.5 Å². The Morgan fingerprint density at radius 1 is 1.11 bits per heavy atom. The Morgan fingerprint density at radius 2 is 1.84 bits per heavy atom. The van der Waals surface area contributed by atoms with Crippen molar-refractivity contribution < 1.29 is 18.7 Å². The smallest absolute Gasteiger partial charge is 0.393 e. The molecule has 0 aliphatic carbocycles. The number of alkyl halides is 1. The number of aliphatic hydroxyl groups is 1. The molecule has 2 aromatic heterocycles. The first-order chi connectivity index (χ1) is 17.8. The van der Waals surface area contributed by atoms with E-state index in [1.165, 1.54) is 13.1 Å². The third kappa shape index (κ3) is 7.29. The molecule has 9 nitrogen and oxygen atoms in total. The first kappa shape index (κ1) is 26.2. The van der Waals surface area contributed by atoms with Crippen LogP contribution in [0.3, 0.4) is 0 Å². The Bertz CT molecular complexity index is 1370. The number of halogens is 1. The van der Waals surface area contributed by atoms with Gasteiger partial charge in [-0.1, -0.05) is 42.5 Å². The Balaban J connectivity index is 1.51. The first-order valence-electron chi connectivity index (χ1n) is 12.2. The van der Waals surface area contributed by atoms with Gasteiger partial charge >= 0.3 is 5.76 Å². The highest BCUT2D eigenvalue weighted by atomic mass is 19.1. The second-order valence-electron chi connectivity index (χ2n) is 9.44. The van der Waals surface area contributed by atoms with Crippen LogP contribution in [0.4, 0.5) is 4.39 Å². The maximum absolute atomic E-state index is 14.4. The second-order valence-corrected chi connectivity index (χ2v) is 9.44. The van der Waals surface area contributed by atoms with Crippen LogP contribution in [0.5, 0.6) is 0 Å². The maximum atomic E-state index is 14.4. The van der Waals surface area contributed by atoms with E-state index in [0.29, 0.717) is 36.7 Å². The van der Waals surface area contributed by atoms with Crippen molar-refractivity contribution in [1.29, 1.82) is 0 Å². The van der Waals surface area contributed by atoms with E-state index < -0.39 is 18.0 Å². The summed E-state index contributed by atoms with van der Waals surface area (Å²) in [6.07, 6.45) is 3.36. The van der Waals surface area contributed by atoms with Gasteiger partial charge in [-0.05, 0) is 56.7 Å². The molecule has 3 atom stereocenters. The fourth-order valence-corrected chi connectivity index (χ4v) is 4.21. The quantitative estimate of drug-likeness (QED) is 0.266. The molecular weight excluding hydrogens is 477 g/mol. The zero-order valence-corrected chi connectivity index (χ0v) is 20.6. The largest absolute Gasteiger partial charge is 0.434 e. The maximum Gasteiger partial charge on any atom is 0.434 e. The fraction of sp³-hybridized carbons (Fsp3) is 0.370. The van der Waals surface area contributed by atoms with Gasteiger partial charge in [-0.25, -0.2) is 19.3 Å². The van der Waals surface area contributed by atoms with E-state index in [0.717, 1.165) is 5.56 Å². The molecule has 0 saturated heterocycles. The van der Waals surface area contributed by atoms with Crippen LogP contribution in [0.15, 0.2) is 70.0 Å². The van der Waals surface area contributed by atoms with Gasteiger partial charge < -0.3 is 14.8 Å². The minimum atomic E-state index is -1.76. The van der Waals surface area contributed by atoms with Gasteiger partial charge in [0.05, 0.1) is 23.8 Å². The van der Waals surface area contributed by atoms with E-state index in [1.807, 2.05) is 48.5 Å². The SMILES string of the molecule is CC(F)(CO)CCC(CCC(Cc1ccccc1)NC(=O)c1cnc2ccccc2n1)c1n[nH]c(=O)o1. The molecule has 0 spiro atoms. The summed E-state index contributed by atoms with van der Waals surface area (Å²) >= 11 is 0. The van der Waals surface area contributed by atoms with E-state index in [2.05, 4.69) is 25.5 Å². The van der Waals surface area contributed by atoms with E-state index in [9.17, 15) is 19.1 Å². The van der Waals surface area contributed by atoms with Crippen LogP contribution in [0, 0.1) is 0 Å². The molecule has 4 aromatic rings. The number of amides is 1. The molecule has 0 radical (unpaired) electrons. The fourth-order valence-electron chi connectivity index (χ4n) is 4.21. The Kier molecular flexibility index (Phi) is 8.39.